The lowest BCUT2D eigenvalue weighted by atomic mass is 10.2. The molecule has 100 valence electrons. The molecule has 1 atom stereocenters. The van der Waals surface area contributed by atoms with Crippen LogP contribution in [0.5, 0.6) is 0 Å². The van der Waals surface area contributed by atoms with Gasteiger partial charge < -0.3 is 10.1 Å². The van der Waals surface area contributed by atoms with E-state index in [0.29, 0.717) is 25.6 Å². The molecule has 3 rings (SSSR count). The number of hydrogen-bond donors (Lipinski definition) is 1. The second-order valence-corrected chi connectivity index (χ2v) is 4.49. The quantitative estimate of drug-likeness (QED) is 0.865. The molecule has 2 aliphatic heterocycles. The number of azo groups is 1. The molecule has 1 saturated heterocycles. The number of amides is 1. The summed E-state index contributed by atoms with van der Waals surface area (Å²) in [6.07, 6.45) is 1.26. The molecule has 0 unspecified atom stereocenters. The van der Waals surface area contributed by atoms with Crippen LogP contribution in [0.25, 0.3) is 0 Å². The molecule has 0 bridgehead atoms. The van der Waals surface area contributed by atoms with E-state index in [2.05, 4.69) is 25.4 Å². The molecule has 1 aromatic rings. The van der Waals surface area contributed by atoms with E-state index in [4.69, 9.17) is 4.74 Å². The summed E-state index contributed by atoms with van der Waals surface area (Å²) >= 11 is 0. The van der Waals surface area contributed by atoms with Crippen molar-refractivity contribution in [3.05, 3.63) is 23.9 Å². The van der Waals surface area contributed by atoms with Gasteiger partial charge in [0, 0.05) is 24.8 Å². The Morgan fingerprint density at radius 2 is 2.32 bits per heavy atom. The van der Waals surface area contributed by atoms with Crippen LogP contribution in [0.2, 0.25) is 0 Å². The van der Waals surface area contributed by atoms with E-state index in [0.717, 1.165) is 18.7 Å². The fraction of sp³-hybridized carbons (Fsp3) is 0.500. The van der Waals surface area contributed by atoms with E-state index in [1.54, 1.807) is 6.20 Å². The number of aromatic nitrogens is 1. The predicted octanol–water partition coefficient (Wildman–Crippen LogP) is 0.626. The van der Waals surface area contributed by atoms with Gasteiger partial charge >= 0.3 is 0 Å². The molecule has 0 aromatic carbocycles. The van der Waals surface area contributed by atoms with Crippen molar-refractivity contribution >= 4 is 11.7 Å². The standard InChI is InChI=1S/C12H15N5O2/c18-10(8-17-4-6-19-7-5-17)14-12-9-2-1-3-13-11(9)15-16-12/h1-3,12H,4-8H2,(H,14,18)/t12-/m1/s1. The molecule has 1 aromatic heterocycles. The van der Waals surface area contributed by atoms with Gasteiger partial charge in [-0.25, -0.2) is 4.98 Å². The van der Waals surface area contributed by atoms with Crippen LogP contribution in [0.1, 0.15) is 11.7 Å². The molecule has 3 heterocycles. The molecule has 19 heavy (non-hydrogen) atoms. The minimum Gasteiger partial charge on any atom is -0.379 e. The summed E-state index contributed by atoms with van der Waals surface area (Å²) in [5.41, 5.74) is 0.845. The fourth-order valence-electron chi connectivity index (χ4n) is 2.15. The van der Waals surface area contributed by atoms with Crippen molar-refractivity contribution in [2.24, 2.45) is 10.2 Å². The molecule has 7 heteroatoms. The Balaban J connectivity index is 1.57. The van der Waals surface area contributed by atoms with Crippen LogP contribution >= 0.6 is 0 Å². The zero-order valence-electron chi connectivity index (χ0n) is 10.5. The Labute approximate surface area is 110 Å². The topological polar surface area (TPSA) is 79.2 Å². The van der Waals surface area contributed by atoms with Gasteiger partial charge in [-0.15, -0.1) is 5.11 Å². The van der Waals surface area contributed by atoms with Gasteiger partial charge in [0.05, 0.1) is 19.8 Å². The van der Waals surface area contributed by atoms with E-state index in [9.17, 15) is 4.79 Å². The minimum absolute atomic E-state index is 0.0532. The number of carbonyl (C=O) groups is 1. The fourth-order valence-corrected chi connectivity index (χ4v) is 2.15. The maximum Gasteiger partial charge on any atom is 0.236 e. The number of pyridine rings is 1. The third-order valence-electron chi connectivity index (χ3n) is 3.15. The Hall–Kier alpha value is -1.86. The molecule has 1 fully saturated rings. The summed E-state index contributed by atoms with van der Waals surface area (Å²) in [4.78, 5) is 18.1. The maximum absolute atomic E-state index is 12.0. The first-order valence-corrected chi connectivity index (χ1v) is 6.28. The number of rotatable bonds is 3. The number of nitrogens with zero attached hydrogens (tertiary/aromatic N) is 4. The van der Waals surface area contributed by atoms with Gasteiger partial charge in [0.15, 0.2) is 12.0 Å². The van der Waals surface area contributed by atoms with E-state index in [-0.39, 0.29) is 5.91 Å². The summed E-state index contributed by atoms with van der Waals surface area (Å²) < 4.78 is 5.25. The van der Waals surface area contributed by atoms with Crippen molar-refractivity contribution in [2.75, 3.05) is 32.8 Å². The van der Waals surface area contributed by atoms with E-state index < -0.39 is 6.17 Å². The Bertz CT molecular complexity index is 499. The lowest BCUT2D eigenvalue weighted by molar-refractivity contribution is -0.123. The average Bonchev–Trinajstić information content (AvgIpc) is 2.83. The van der Waals surface area contributed by atoms with Crippen LogP contribution in [-0.2, 0) is 9.53 Å². The maximum atomic E-state index is 12.0. The first-order valence-electron chi connectivity index (χ1n) is 6.28. The number of hydrogen-bond acceptors (Lipinski definition) is 6. The van der Waals surface area contributed by atoms with Crippen molar-refractivity contribution in [1.82, 2.24) is 15.2 Å². The van der Waals surface area contributed by atoms with Crippen LogP contribution in [-0.4, -0.2) is 48.6 Å². The second-order valence-electron chi connectivity index (χ2n) is 4.49. The van der Waals surface area contributed by atoms with Crippen LogP contribution in [0.3, 0.4) is 0 Å². The van der Waals surface area contributed by atoms with Gasteiger partial charge in [0.2, 0.25) is 5.91 Å². The molecule has 0 aliphatic carbocycles. The lowest BCUT2D eigenvalue weighted by Gasteiger charge is -2.26. The number of carbonyl (C=O) groups excluding carboxylic acids is 1. The average molecular weight is 261 g/mol. The van der Waals surface area contributed by atoms with E-state index in [1.165, 1.54) is 0 Å². The van der Waals surface area contributed by atoms with Crippen LogP contribution in [0.15, 0.2) is 28.6 Å². The molecule has 1 N–H and O–H groups in total. The van der Waals surface area contributed by atoms with Gasteiger partial charge in [-0.05, 0) is 12.1 Å². The van der Waals surface area contributed by atoms with Crippen LogP contribution in [0.4, 0.5) is 5.82 Å². The third kappa shape index (κ3) is 2.77. The van der Waals surface area contributed by atoms with Crippen molar-refractivity contribution in [2.45, 2.75) is 6.17 Å². The highest BCUT2D eigenvalue weighted by Gasteiger charge is 2.23. The number of morpholine rings is 1. The summed E-state index contributed by atoms with van der Waals surface area (Å²) in [7, 11) is 0. The van der Waals surface area contributed by atoms with Crippen molar-refractivity contribution in [3.63, 3.8) is 0 Å². The van der Waals surface area contributed by atoms with Crippen molar-refractivity contribution in [3.8, 4) is 0 Å². The molecular formula is C12H15N5O2. The monoisotopic (exact) mass is 261 g/mol. The molecular weight excluding hydrogens is 246 g/mol. The Kier molecular flexibility index (Phi) is 3.47. The van der Waals surface area contributed by atoms with Crippen LogP contribution in [0, 0.1) is 0 Å². The molecule has 0 radical (unpaired) electrons. The third-order valence-corrected chi connectivity index (χ3v) is 3.15. The summed E-state index contributed by atoms with van der Waals surface area (Å²) in [6.45, 7) is 3.31. The SMILES string of the molecule is O=C(CN1CCOCC1)N[C@@H]1N=Nc2ncccc21. The van der Waals surface area contributed by atoms with Gasteiger partial charge in [-0.1, -0.05) is 0 Å². The zero-order valence-corrected chi connectivity index (χ0v) is 10.5. The largest absolute Gasteiger partial charge is 0.379 e. The molecule has 0 spiro atoms. The van der Waals surface area contributed by atoms with E-state index >= 15 is 0 Å². The summed E-state index contributed by atoms with van der Waals surface area (Å²) in [6, 6.07) is 3.69. The minimum atomic E-state index is -0.405. The highest BCUT2D eigenvalue weighted by Crippen LogP contribution is 2.31. The number of fused-ring (bicyclic) bond motifs is 1. The Morgan fingerprint density at radius 1 is 1.47 bits per heavy atom. The number of nitrogens with one attached hydrogen (secondary N) is 1. The second kappa shape index (κ2) is 5.41. The summed E-state index contributed by atoms with van der Waals surface area (Å²) in [5, 5.41) is 10.8. The Morgan fingerprint density at radius 3 is 3.16 bits per heavy atom. The highest BCUT2D eigenvalue weighted by atomic mass is 16.5. The normalized spacial score (nSPS) is 22.2. The molecule has 0 saturated carbocycles. The van der Waals surface area contributed by atoms with Gasteiger partial charge in [-0.3, -0.25) is 9.69 Å². The molecule has 2 aliphatic rings. The van der Waals surface area contributed by atoms with Crippen molar-refractivity contribution in [1.29, 1.82) is 0 Å². The van der Waals surface area contributed by atoms with E-state index in [1.807, 2.05) is 12.1 Å². The first-order chi connectivity index (χ1) is 9.33. The van der Waals surface area contributed by atoms with Gasteiger partial charge in [0.25, 0.3) is 0 Å². The smallest absolute Gasteiger partial charge is 0.236 e. The highest BCUT2D eigenvalue weighted by molar-refractivity contribution is 5.78. The van der Waals surface area contributed by atoms with Crippen molar-refractivity contribution < 1.29 is 9.53 Å². The van der Waals surface area contributed by atoms with Gasteiger partial charge in [-0.2, -0.15) is 5.11 Å². The molecule has 7 nitrogen and oxygen atoms in total. The number of ether oxygens (including phenoxy) is 1. The van der Waals surface area contributed by atoms with Gasteiger partial charge in [0.1, 0.15) is 0 Å². The summed E-state index contributed by atoms with van der Waals surface area (Å²) in [5.74, 6) is 0.529. The first kappa shape index (κ1) is 12.2. The zero-order chi connectivity index (χ0) is 13.1. The lowest BCUT2D eigenvalue weighted by Crippen LogP contribution is -2.43. The predicted molar refractivity (Wildman–Crippen MR) is 66.9 cm³/mol. The molecule has 1 amide bonds. The van der Waals surface area contributed by atoms with Crippen LogP contribution < -0.4 is 5.32 Å².